The van der Waals surface area contributed by atoms with Crippen LogP contribution in [0.3, 0.4) is 0 Å². The van der Waals surface area contributed by atoms with E-state index in [1.165, 1.54) is 24.3 Å². The number of aliphatic hydroxyl groups excluding tert-OH is 1. The predicted octanol–water partition coefficient (Wildman–Crippen LogP) is 2.90. The minimum atomic E-state index is -4.36. The van der Waals surface area contributed by atoms with Gasteiger partial charge in [0.15, 0.2) is 5.84 Å². The van der Waals surface area contributed by atoms with Crippen molar-refractivity contribution >= 4 is 43.2 Å². The van der Waals surface area contributed by atoms with E-state index in [0.717, 1.165) is 12.3 Å². The Morgan fingerprint density at radius 3 is 2.57 bits per heavy atom. The number of allylic oxidation sites excluding steroid dienone is 1. The van der Waals surface area contributed by atoms with Gasteiger partial charge < -0.3 is 15.3 Å². The minimum Gasteiger partial charge on any atom is -0.511 e. The van der Waals surface area contributed by atoms with Crippen molar-refractivity contribution in [3.8, 4) is 0 Å². The third kappa shape index (κ3) is 4.83. The zero-order valence-corrected chi connectivity index (χ0v) is 21.2. The lowest BCUT2D eigenvalue weighted by Crippen LogP contribution is -2.52. The van der Waals surface area contributed by atoms with Gasteiger partial charge in [0, 0.05) is 24.2 Å². The van der Waals surface area contributed by atoms with Gasteiger partial charge in [0.1, 0.15) is 22.0 Å². The highest BCUT2D eigenvalue weighted by atomic mass is 32.2. The molecule has 194 valence electrons. The van der Waals surface area contributed by atoms with Crippen molar-refractivity contribution in [1.29, 1.82) is 0 Å². The van der Waals surface area contributed by atoms with Crippen LogP contribution in [0.15, 0.2) is 75.2 Å². The largest absolute Gasteiger partial charge is 0.511 e. The van der Waals surface area contributed by atoms with Gasteiger partial charge in [-0.1, -0.05) is 24.3 Å². The summed E-state index contributed by atoms with van der Waals surface area (Å²) in [6, 6.07) is 9.18. The molecule has 0 saturated heterocycles. The summed E-state index contributed by atoms with van der Waals surface area (Å²) in [5.74, 6) is -2.08. The van der Waals surface area contributed by atoms with E-state index in [0.29, 0.717) is 18.4 Å². The van der Waals surface area contributed by atoms with Gasteiger partial charge in [-0.05, 0) is 48.7 Å². The molecule has 5 rings (SSSR count). The summed E-state index contributed by atoms with van der Waals surface area (Å²) >= 11 is 0. The van der Waals surface area contributed by atoms with Crippen molar-refractivity contribution in [3.63, 3.8) is 0 Å². The number of halogens is 1. The number of nitrogens with one attached hydrogen (secondary N) is 2. The molecule has 2 unspecified atom stereocenters. The van der Waals surface area contributed by atoms with Gasteiger partial charge in [-0.15, -0.1) is 4.40 Å². The first-order valence-electron chi connectivity index (χ1n) is 11.3. The molecule has 0 aromatic heterocycles. The number of rotatable bonds is 5. The zero-order chi connectivity index (χ0) is 26.5. The molecule has 2 atom stereocenters. The number of sulfonamides is 2. The van der Waals surface area contributed by atoms with Crippen LogP contribution >= 0.6 is 0 Å². The van der Waals surface area contributed by atoms with Gasteiger partial charge in [0.2, 0.25) is 10.0 Å². The molecule has 0 saturated carbocycles. The number of hydrogen-bond acceptors (Lipinski definition) is 7. The fourth-order valence-electron chi connectivity index (χ4n) is 4.77. The van der Waals surface area contributed by atoms with E-state index in [1.807, 2.05) is 12.2 Å². The Kier molecular flexibility index (Phi) is 6.07. The zero-order valence-electron chi connectivity index (χ0n) is 19.5. The fourth-order valence-corrected chi connectivity index (χ4v) is 6.47. The predicted molar refractivity (Wildman–Crippen MR) is 135 cm³/mol. The van der Waals surface area contributed by atoms with E-state index < -0.39 is 37.7 Å². The minimum absolute atomic E-state index is 0.0309. The van der Waals surface area contributed by atoms with Crippen LogP contribution in [-0.2, 0) is 31.4 Å². The van der Waals surface area contributed by atoms with Crippen molar-refractivity contribution in [1.82, 2.24) is 4.90 Å². The average Bonchev–Trinajstić information content (AvgIpc) is 2.82. The van der Waals surface area contributed by atoms with Crippen molar-refractivity contribution < 1.29 is 31.1 Å². The van der Waals surface area contributed by atoms with E-state index >= 15 is 0 Å². The molecule has 0 spiro atoms. The van der Waals surface area contributed by atoms with E-state index in [9.17, 15) is 31.1 Å². The van der Waals surface area contributed by atoms with E-state index in [-0.39, 0.29) is 46.0 Å². The summed E-state index contributed by atoms with van der Waals surface area (Å²) in [5.41, 5.74) is 0.522. The average molecular weight is 547 g/mol. The Morgan fingerprint density at radius 1 is 1.16 bits per heavy atom. The molecular formula is C24H23FN4O6S2. The van der Waals surface area contributed by atoms with Crippen LogP contribution < -0.4 is 10.0 Å². The molecule has 0 fully saturated rings. The molecule has 0 bridgehead atoms. The Balaban J connectivity index is 1.55. The quantitative estimate of drug-likeness (QED) is 0.489. The summed E-state index contributed by atoms with van der Waals surface area (Å²) < 4.78 is 68.6. The van der Waals surface area contributed by atoms with Gasteiger partial charge in [-0.25, -0.2) is 12.8 Å². The molecule has 2 aromatic carbocycles. The number of carbonyl (C=O) groups is 1. The standard InChI is InChI=1S/C24H23FN4O6S2/c1-36(32,33)27-16-10-11-18-20(12-16)37(34,35)28-23(26-18)21-22(30)17-4-2-3-5-19(17)29(24(21)31)13-14-6-8-15(25)9-7-14/h2-3,6-12,17,19,27,30H,4-5,13H2,1H3,(H,26,28). The lowest BCUT2D eigenvalue weighted by atomic mass is 9.80. The number of hydrogen-bond donors (Lipinski definition) is 3. The highest BCUT2D eigenvalue weighted by Gasteiger charge is 2.44. The van der Waals surface area contributed by atoms with Crippen LogP contribution in [-0.4, -0.2) is 50.9 Å². The Hall–Kier alpha value is -3.71. The smallest absolute Gasteiger partial charge is 0.286 e. The van der Waals surface area contributed by atoms with Crippen LogP contribution in [0, 0.1) is 11.7 Å². The second kappa shape index (κ2) is 8.99. The number of carbonyl (C=O) groups excluding carboxylic acids is 1. The highest BCUT2D eigenvalue weighted by molar-refractivity contribution is 7.92. The van der Waals surface area contributed by atoms with Crippen LogP contribution in [0.1, 0.15) is 18.4 Å². The van der Waals surface area contributed by atoms with Gasteiger partial charge in [-0.2, -0.15) is 8.42 Å². The lowest BCUT2D eigenvalue weighted by molar-refractivity contribution is -0.132. The van der Waals surface area contributed by atoms with E-state index in [1.54, 1.807) is 17.0 Å². The maximum atomic E-state index is 13.7. The molecule has 1 aliphatic carbocycles. The molecule has 3 aliphatic rings. The lowest BCUT2D eigenvalue weighted by Gasteiger charge is -2.42. The molecule has 1 amide bonds. The number of aliphatic hydroxyl groups is 1. The first kappa shape index (κ1) is 25.0. The maximum absolute atomic E-state index is 13.7. The molecule has 3 N–H and O–H groups in total. The molecular weight excluding hydrogens is 523 g/mol. The topological polar surface area (TPSA) is 145 Å². The van der Waals surface area contributed by atoms with Crippen LogP contribution in [0.5, 0.6) is 0 Å². The molecule has 2 aliphatic heterocycles. The van der Waals surface area contributed by atoms with Crippen LogP contribution in [0.25, 0.3) is 0 Å². The third-order valence-electron chi connectivity index (χ3n) is 6.41. The second-order valence-electron chi connectivity index (χ2n) is 9.06. The van der Waals surface area contributed by atoms with E-state index in [2.05, 4.69) is 14.4 Å². The van der Waals surface area contributed by atoms with E-state index in [4.69, 9.17) is 0 Å². The van der Waals surface area contributed by atoms with Crippen LogP contribution in [0.4, 0.5) is 15.8 Å². The Morgan fingerprint density at radius 2 is 1.86 bits per heavy atom. The molecule has 37 heavy (non-hydrogen) atoms. The number of amidine groups is 1. The Labute approximate surface area is 213 Å². The van der Waals surface area contributed by atoms with Gasteiger partial charge in [0.25, 0.3) is 15.9 Å². The number of benzene rings is 2. The van der Waals surface area contributed by atoms with Crippen molar-refractivity contribution in [2.75, 3.05) is 16.3 Å². The number of nitrogens with zero attached hydrogens (tertiary/aromatic N) is 2. The summed E-state index contributed by atoms with van der Waals surface area (Å²) in [5, 5.41) is 14.0. The summed E-state index contributed by atoms with van der Waals surface area (Å²) in [6.45, 7) is 0.127. The highest BCUT2D eigenvalue weighted by Crippen LogP contribution is 2.39. The van der Waals surface area contributed by atoms with Gasteiger partial charge in [0.05, 0.1) is 11.9 Å². The molecule has 13 heteroatoms. The van der Waals surface area contributed by atoms with Crippen molar-refractivity contribution in [2.45, 2.75) is 30.3 Å². The second-order valence-corrected chi connectivity index (χ2v) is 12.4. The van der Waals surface area contributed by atoms with Gasteiger partial charge in [-0.3, -0.25) is 9.52 Å². The fraction of sp³-hybridized carbons (Fsp3) is 0.250. The first-order valence-corrected chi connectivity index (χ1v) is 14.6. The van der Waals surface area contributed by atoms with Crippen molar-refractivity contribution in [3.05, 3.63) is 77.3 Å². The van der Waals surface area contributed by atoms with Gasteiger partial charge >= 0.3 is 0 Å². The normalized spacial score (nSPS) is 22.6. The monoisotopic (exact) mass is 546 g/mol. The van der Waals surface area contributed by atoms with Crippen LogP contribution in [0.2, 0.25) is 0 Å². The third-order valence-corrected chi connectivity index (χ3v) is 8.33. The van der Waals surface area contributed by atoms with Crippen molar-refractivity contribution in [2.24, 2.45) is 10.3 Å². The Bertz CT molecular complexity index is 1600. The number of fused-ring (bicyclic) bond motifs is 2. The molecule has 2 heterocycles. The first-order chi connectivity index (χ1) is 17.4. The SMILES string of the molecule is CS(=O)(=O)Nc1ccc2c(c1)S(=O)(=O)N=C(C1=C(O)C3CC=CCC3N(Cc3ccc(F)cc3)C1=O)N2. The number of anilines is 2. The molecule has 10 nitrogen and oxygen atoms in total. The number of amides is 1. The summed E-state index contributed by atoms with van der Waals surface area (Å²) in [7, 11) is -8.00. The summed E-state index contributed by atoms with van der Waals surface area (Å²) in [4.78, 5) is 15.0. The molecule has 0 radical (unpaired) electrons. The maximum Gasteiger partial charge on any atom is 0.286 e. The summed E-state index contributed by atoms with van der Waals surface area (Å²) in [6.07, 6.45) is 5.67. The molecule has 2 aromatic rings.